The molecule has 7 atom stereocenters. The minimum absolute atomic E-state index is 0.235. The molecule has 0 amide bonds. The Hall–Kier alpha value is -4.57. The SMILES string of the molecule is C=CC[C@@H](Cc1ccccc1)C(=O)O[C@@H]1[C@@H](OC(=O)[C@@H](CC=C)Cc2ccccc2)[C@@H](OC)O[C@H](CO)[C@H]1OC(=O)c1ccccc1. The van der Waals surface area contributed by atoms with Crippen LogP contribution in [0.4, 0.5) is 0 Å². The maximum atomic E-state index is 13.9. The molecular weight excluding hydrogens is 600 g/mol. The molecule has 1 aliphatic heterocycles. The van der Waals surface area contributed by atoms with E-state index < -0.39 is 67.1 Å². The molecule has 1 saturated heterocycles. The lowest BCUT2D eigenvalue weighted by Gasteiger charge is -2.44. The number of carbonyl (C=O) groups is 3. The molecule has 0 radical (unpaired) electrons. The van der Waals surface area contributed by atoms with Crippen LogP contribution in [0, 0.1) is 11.8 Å². The van der Waals surface area contributed by atoms with Gasteiger partial charge in [-0.3, -0.25) is 9.59 Å². The van der Waals surface area contributed by atoms with Crippen molar-refractivity contribution in [2.75, 3.05) is 13.7 Å². The van der Waals surface area contributed by atoms with E-state index in [0.717, 1.165) is 11.1 Å². The van der Waals surface area contributed by atoms with Crippen LogP contribution >= 0.6 is 0 Å². The molecule has 1 aliphatic rings. The minimum atomic E-state index is -1.39. The van der Waals surface area contributed by atoms with Crippen LogP contribution in [-0.4, -0.2) is 67.4 Å². The van der Waals surface area contributed by atoms with Gasteiger partial charge in [-0.2, -0.15) is 0 Å². The van der Waals surface area contributed by atoms with Gasteiger partial charge in [0, 0.05) is 7.11 Å². The summed E-state index contributed by atoms with van der Waals surface area (Å²) in [6, 6.07) is 27.2. The first-order chi connectivity index (χ1) is 22.9. The Morgan fingerprint density at radius 2 is 1.19 bits per heavy atom. The fourth-order valence-corrected chi connectivity index (χ4v) is 5.57. The van der Waals surface area contributed by atoms with Crippen LogP contribution in [0.2, 0.25) is 0 Å². The van der Waals surface area contributed by atoms with Gasteiger partial charge in [-0.15, -0.1) is 13.2 Å². The number of rotatable bonds is 16. The summed E-state index contributed by atoms with van der Waals surface area (Å²) in [5.41, 5.74) is 2.07. The summed E-state index contributed by atoms with van der Waals surface area (Å²) in [5, 5.41) is 10.3. The number of aliphatic hydroxyl groups is 1. The number of aliphatic hydroxyl groups excluding tert-OH is 1. The molecule has 1 heterocycles. The second kappa shape index (κ2) is 17.9. The molecule has 0 bridgehead atoms. The molecule has 0 spiro atoms. The van der Waals surface area contributed by atoms with E-state index in [2.05, 4.69) is 13.2 Å². The molecule has 1 N–H and O–H groups in total. The highest BCUT2D eigenvalue weighted by molar-refractivity contribution is 5.89. The summed E-state index contributed by atoms with van der Waals surface area (Å²) in [7, 11) is 1.34. The zero-order valence-corrected chi connectivity index (χ0v) is 26.5. The Bertz CT molecular complexity index is 1440. The number of allylic oxidation sites excluding steroid dienone is 2. The highest BCUT2D eigenvalue weighted by atomic mass is 16.7. The van der Waals surface area contributed by atoms with E-state index in [1.54, 1.807) is 42.5 Å². The summed E-state index contributed by atoms with van der Waals surface area (Å²) in [4.78, 5) is 41.0. The van der Waals surface area contributed by atoms with E-state index in [-0.39, 0.29) is 5.56 Å². The lowest BCUT2D eigenvalue weighted by molar-refractivity contribution is -0.301. The van der Waals surface area contributed by atoms with Crippen molar-refractivity contribution in [3.8, 4) is 0 Å². The van der Waals surface area contributed by atoms with Crippen molar-refractivity contribution in [1.82, 2.24) is 0 Å². The Labute approximate surface area is 275 Å². The van der Waals surface area contributed by atoms with E-state index in [9.17, 15) is 19.5 Å². The normalized spacial score (nSPS) is 21.9. The summed E-state index contributed by atoms with van der Waals surface area (Å²) >= 11 is 0. The average Bonchev–Trinajstić information content (AvgIpc) is 3.10. The number of ether oxygens (including phenoxy) is 5. The molecule has 0 aliphatic carbocycles. The first-order valence-electron chi connectivity index (χ1n) is 15.6. The van der Waals surface area contributed by atoms with Crippen LogP contribution in [0.5, 0.6) is 0 Å². The molecule has 3 aromatic carbocycles. The first-order valence-corrected chi connectivity index (χ1v) is 15.6. The van der Waals surface area contributed by atoms with Gasteiger partial charge >= 0.3 is 17.9 Å². The molecule has 0 saturated carbocycles. The molecule has 9 nitrogen and oxygen atoms in total. The van der Waals surface area contributed by atoms with Crippen molar-refractivity contribution < 1.29 is 43.2 Å². The predicted octanol–water partition coefficient (Wildman–Crippen LogP) is 5.27. The van der Waals surface area contributed by atoms with Gasteiger partial charge in [-0.1, -0.05) is 91.0 Å². The number of hydrogen-bond acceptors (Lipinski definition) is 9. The summed E-state index contributed by atoms with van der Waals surface area (Å²) in [6.45, 7) is 7.01. The maximum Gasteiger partial charge on any atom is 0.338 e. The Balaban J connectivity index is 1.68. The Morgan fingerprint density at radius 3 is 1.64 bits per heavy atom. The molecule has 1 fully saturated rings. The molecular formula is C38H42O9. The van der Waals surface area contributed by atoms with Gasteiger partial charge in [-0.05, 0) is 48.9 Å². The standard InChI is InChI=1S/C38H42O9/c1-4-15-29(23-26-17-9-6-10-18-26)36(41)46-33-32(45-35(40)28-21-13-8-14-22-28)31(25-39)44-38(43-3)34(33)47-37(42)30(16-5-2)24-27-19-11-7-12-20-27/h4-14,17-22,29-34,38-39H,1-2,15-16,23-25H2,3H3/t29-,30-,31+,32+,33-,34+,38-/m0/s1. The quantitative estimate of drug-likeness (QED) is 0.127. The summed E-state index contributed by atoms with van der Waals surface area (Å²) in [6.07, 6.45) is -1.93. The van der Waals surface area contributed by atoms with Crippen molar-refractivity contribution in [3.05, 3.63) is 133 Å². The number of esters is 3. The fraction of sp³-hybridized carbons (Fsp3) is 0.342. The predicted molar refractivity (Wildman–Crippen MR) is 175 cm³/mol. The molecule has 3 aromatic rings. The lowest BCUT2D eigenvalue weighted by atomic mass is 9.94. The van der Waals surface area contributed by atoms with Gasteiger partial charge < -0.3 is 28.8 Å². The van der Waals surface area contributed by atoms with Gasteiger partial charge in [0.05, 0.1) is 24.0 Å². The fourth-order valence-electron chi connectivity index (χ4n) is 5.57. The molecule has 248 valence electrons. The van der Waals surface area contributed by atoms with Gasteiger partial charge in [0.2, 0.25) is 0 Å². The van der Waals surface area contributed by atoms with Crippen LogP contribution < -0.4 is 0 Å². The molecule has 47 heavy (non-hydrogen) atoms. The van der Waals surface area contributed by atoms with E-state index in [1.807, 2.05) is 60.7 Å². The molecule has 0 aromatic heterocycles. The third-order valence-electron chi connectivity index (χ3n) is 7.98. The van der Waals surface area contributed by atoms with Crippen LogP contribution in [-0.2, 0) is 46.1 Å². The van der Waals surface area contributed by atoms with Crippen molar-refractivity contribution in [3.63, 3.8) is 0 Å². The zero-order valence-electron chi connectivity index (χ0n) is 26.5. The number of methoxy groups -OCH3 is 1. The monoisotopic (exact) mass is 642 g/mol. The highest BCUT2D eigenvalue weighted by Crippen LogP contribution is 2.32. The third-order valence-corrected chi connectivity index (χ3v) is 7.98. The largest absolute Gasteiger partial charge is 0.454 e. The summed E-state index contributed by atoms with van der Waals surface area (Å²) in [5.74, 6) is -3.25. The van der Waals surface area contributed by atoms with Crippen LogP contribution in [0.3, 0.4) is 0 Å². The first kappa shape index (κ1) is 35.3. The van der Waals surface area contributed by atoms with Gasteiger partial charge in [0.15, 0.2) is 24.6 Å². The third kappa shape index (κ3) is 9.71. The van der Waals surface area contributed by atoms with Crippen molar-refractivity contribution in [2.24, 2.45) is 11.8 Å². The number of benzene rings is 3. The van der Waals surface area contributed by atoms with Crippen molar-refractivity contribution in [1.29, 1.82) is 0 Å². The topological polar surface area (TPSA) is 118 Å². The molecule has 0 unspecified atom stereocenters. The zero-order chi connectivity index (χ0) is 33.6. The number of carbonyl (C=O) groups excluding carboxylic acids is 3. The average molecular weight is 643 g/mol. The van der Waals surface area contributed by atoms with Crippen LogP contribution in [0.15, 0.2) is 116 Å². The molecule has 9 heteroatoms. The lowest BCUT2D eigenvalue weighted by Crippen LogP contribution is -2.63. The minimum Gasteiger partial charge on any atom is -0.454 e. The van der Waals surface area contributed by atoms with Gasteiger partial charge in [0.25, 0.3) is 0 Å². The van der Waals surface area contributed by atoms with Crippen molar-refractivity contribution >= 4 is 17.9 Å². The second-order valence-corrected chi connectivity index (χ2v) is 11.3. The van der Waals surface area contributed by atoms with E-state index in [4.69, 9.17) is 23.7 Å². The van der Waals surface area contributed by atoms with Crippen LogP contribution in [0.25, 0.3) is 0 Å². The van der Waals surface area contributed by atoms with Crippen LogP contribution in [0.1, 0.15) is 34.3 Å². The van der Waals surface area contributed by atoms with Crippen molar-refractivity contribution in [2.45, 2.75) is 56.4 Å². The van der Waals surface area contributed by atoms with Gasteiger partial charge in [-0.25, -0.2) is 4.79 Å². The maximum absolute atomic E-state index is 13.9. The summed E-state index contributed by atoms with van der Waals surface area (Å²) < 4.78 is 29.6. The smallest absolute Gasteiger partial charge is 0.338 e. The van der Waals surface area contributed by atoms with E-state index in [0.29, 0.717) is 25.7 Å². The van der Waals surface area contributed by atoms with E-state index in [1.165, 1.54) is 7.11 Å². The van der Waals surface area contributed by atoms with Gasteiger partial charge in [0.1, 0.15) is 6.10 Å². The number of hydrogen-bond donors (Lipinski definition) is 1. The Kier molecular flexibility index (Phi) is 13.5. The van der Waals surface area contributed by atoms with E-state index >= 15 is 0 Å². The Morgan fingerprint density at radius 1 is 0.723 bits per heavy atom. The second-order valence-electron chi connectivity index (χ2n) is 11.3. The molecule has 4 rings (SSSR count). The highest BCUT2D eigenvalue weighted by Gasteiger charge is 2.53.